The van der Waals surface area contributed by atoms with Crippen molar-refractivity contribution < 1.29 is 14.3 Å². The Hall–Kier alpha value is -1.81. The zero-order chi connectivity index (χ0) is 18.9. The molecule has 5 atom stereocenters. The third-order valence-corrected chi connectivity index (χ3v) is 6.26. The molecule has 1 aromatic carbocycles. The van der Waals surface area contributed by atoms with E-state index in [1.807, 2.05) is 19.9 Å². The number of hydrogen-bond acceptors (Lipinski definition) is 3. The van der Waals surface area contributed by atoms with Gasteiger partial charge in [-0.05, 0) is 38.2 Å². The van der Waals surface area contributed by atoms with Gasteiger partial charge in [0.2, 0.25) is 0 Å². The van der Waals surface area contributed by atoms with Gasteiger partial charge in [0.05, 0.1) is 12.7 Å². The third kappa shape index (κ3) is 3.39. The van der Waals surface area contributed by atoms with Gasteiger partial charge in [-0.3, -0.25) is 0 Å². The molecule has 1 aliphatic carbocycles. The van der Waals surface area contributed by atoms with E-state index in [-0.39, 0.29) is 23.7 Å². The van der Waals surface area contributed by atoms with Crippen molar-refractivity contribution in [1.82, 2.24) is 5.32 Å². The Morgan fingerprint density at radius 1 is 1.31 bits per heavy atom. The summed E-state index contributed by atoms with van der Waals surface area (Å²) in [6.07, 6.45) is 2.07. The molecule has 1 heterocycles. The van der Waals surface area contributed by atoms with E-state index >= 15 is 0 Å². The molecule has 1 aliphatic heterocycles. The third-order valence-electron chi connectivity index (χ3n) is 6.26. The summed E-state index contributed by atoms with van der Waals surface area (Å²) >= 11 is 0. The highest BCUT2D eigenvalue weighted by atomic mass is 16.6. The van der Waals surface area contributed by atoms with Crippen LogP contribution in [0.4, 0.5) is 4.79 Å². The average Bonchev–Trinajstić information content (AvgIpc) is 2.59. The fourth-order valence-corrected chi connectivity index (χ4v) is 4.68. The number of hydrogen-bond donors (Lipinski definition) is 1. The first kappa shape index (κ1) is 19.0. The molecule has 2 bridgehead atoms. The molecule has 1 saturated heterocycles. The van der Waals surface area contributed by atoms with Gasteiger partial charge in [0, 0.05) is 17.4 Å². The van der Waals surface area contributed by atoms with Crippen molar-refractivity contribution in [1.29, 1.82) is 0 Å². The number of ether oxygens (including phenoxy) is 2. The first-order valence-corrected chi connectivity index (χ1v) is 9.63. The molecule has 0 radical (unpaired) electrons. The summed E-state index contributed by atoms with van der Waals surface area (Å²) in [4.78, 5) is 12.0. The predicted molar refractivity (Wildman–Crippen MR) is 103 cm³/mol. The molecule has 1 N–H and O–H groups in total. The van der Waals surface area contributed by atoms with Gasteiger partial charge in [0.1, 0.15) is 6.61 Å². The van der Waals surface area contributed by atoms with Crippen molar-refractivity contribution >= 4 is 6.09 Å². The summed E-state index contributed by atoms with van der Waals surface area (Å²) in [6, 6.07) is 10.5. The minimum atomic E-state index is -0.346. The summed E-state index contributed by atoms with van der Waals surface area (Å²) in [5.74, 6) is 0.977. The lowest BCUT2D eigenvalue weighted by atomic mass is 9.56. The molecule has 1 aromatic rings. The van der Waals surface area contributed by atoms with Gasteiger partial charge in [-0.25, -0.2) is 4.79 Å². The van der Waals surface area contributed by atoms with Crippen LogP contribution >= 0.6 is 0 Å². The summed E-state index contributed by atoms with van der Waals surface area (Å²) in [6.45, 7) is 11.6. The number of fused-ring (bicyclic) bond motifs is 2. The lowest BCUT2D eigenvalue weighted by molar-refractivity contribution is -0.165. The highest BCUT2D eigenvalue weighted by Gasteiger charge is 2.54. The number of carbonyl (C=O) groups is 1. The number of carbonyl (C=O) groups excluding carboxylic acids is 1. The smallest absolute Gasteiger partial charge is 0.407 e. The molecule has 0 spiro atoms. The van der Waals surface area contributed by atoms with Crippen molar-refractivity contribution in [3.8, 4) is 0 Å². The second kappa shape index (κ2) is 7.43. The maximum Gasteiger partial charge on any atom is 0.407 e. The lowest BCUT2D eigenvalue weighted by Gasteiger charge is -2.55. The summed E-state index contributed by atoms with van der Waals surface area (Å²) in [5.41, 5.74) is 2.42. The molecular formula is C22H31NO3. The van der Waals surface area contributed by atoms with E-state index in [1.54, 1.807) is 0 Å². The Bertz CT molecular complexity index is 669. The van der Waals surface area contributed by atoms with Crippen LogP contribution in [0.25, 0.3) is 0 Å². The van der Waals surface area contributed by atoms with Crippen molar-refractivity contribution in [2.75, 3.05) is 13.2 Å². The molecule has 0 unspecified atom stereocenters. The van der Waals surface area contributed by atoms with Crippen LogP contribution in [-0.2, 0) is 9.47 Å². The Labute approximate surface area is 157 Å². The first-order chi connectivity index (χ1) is 12.3. The highest BCUT2D eigenvalue weighted by molar-refractivity contribution is 5.67. The number of allylic oxidation sites excluding steroid dienone is 1. The van der Waals surface area contributed by atoms with E-state index in [9.17, 15) is 4.79 Å². The minimum Gasteiger partial charge on any atom is -0.449 e. The van der Waals surface area contributed by atoms with Crippen LogP contribution in [0.5, 0.6) is 0 Å². The van der Waals surface area contributed by atoms with Crippen LogP contribution in [0.15, 0.2) is 42.0 Å². The number of benzene rings is 1. The van der Waals surface area contributed by atoms with Gasteiger partial charge < -0.3 is 14.8 Å². The zero-order valence-electron chi connectivity index (χ0n) is 16.5. The van der Waals surface area contributed by atoms with Crippen LogP contribution < -0.4 is 5.32 Å². The average molecular weight is 357 g/mol. The summed E-state index contributed by atoms with van der Waals surface area (Å²) < 4.78 is 12.0. The Balaban J connectivity index is 1.84. The number of nitrogens with one attached hydrogen (secondary N) is 1. The SMILES string of the molecule is CC1=C[C@@H](C)[C@]2(COC(=O)NC(C)C)CO[C@@H](c3ccccc3)[C@H]1[C@H]2C. The van der Waals surface area contributed by atoms with Gasteiger partial charge in [-0.1, -0.05) is 55.8 Å². The van der Waals surface area contributed by atoms with Gasteiger partial charge >= 0.3 is 6.09 Å². The van der Waals surface area contributed by atoms with E-state index in [4.69, 9.17) is 9.47 Å². The highest BCUT2D eigenvalue weighted by Crippen LogP contribution is 2.56. The molecule has 1 fully saturated rings. The van der Waals surface area contributed by atoms with Crippen LogP contribution in [0.1, 0.15) is 46.3 Å². The van der Waals surface area contributed by atoms with Gasteiger partial charge in [0.15, 0.2) is 0 Å². The monoisotopic (exact) mass is 357 g/mol. The van der Waals surface area contributed by atoms with Crippen molar-refractivity contribution in [3.63, 3.8) is 0 Å². The largest absolute Gasteiger partial charge is 0.449 e. The second-order valence-electron chi connectivity index (χ2n) is 8.26. The first-order valence-electron chi connectivity index (χ1n) is 9.63. The van der Waals surface area contributed by atoms with E-state index in [1.165, 1.54) is 11.1 Å². The van der Waals surface area contributed by atoms with E-state index in [0.717, 1.165) is 0 Å². The lowest BCUT2D eigenvalue weighted by Crippen LogP contribution is -2.55. The maximum absolute atomic E-state index is 12.0. The quantitative estimate of drug-likeness (QED) is 0.793. The molecule has 4 nitrogen and oxygen atoms in total. The molecule has 1 amide bonds. The second-order valence-corrected chi connectivity index (χ2v) is 8.26. The van der Waals surface area contributed by atoms with Crippen molar-refractivity contribution in [2.24, 2.45) is 23.2 Å². The van der Waals surface area contributed by atoms with E-state index in [2.05, 4.69) is 56.4 Å². The Kier molecular flexibility index (Phi) is 5.42. The zero-order valence-corrected chi connectivity index (χ0v) is 16.5. The maximum atomic E-state index is 12.0. The molecule has 0 aromatic heterocycles. The summed E-state index contributed by atoms with van der Waals surface area (Å²) in [7, 11) is 0. The van der Waals surface area contributed by atoms with E-state index < -0.39 is 0 Å². The Morgan fingerprint density at radius 3 is 2.65 bits per heavy atom. The van der Waals surface area contributed by atoms with Crippen LogP contribution in [0.2, 0.25) is 0 Å². The number of alkyl carbamates (subject to hydrolysis) is 1. The number of amides is 1. The van der Waals surface area contributed by atoms with E-state index in [0.29, 0.717) is 31.0 Å². The topological polar surface area (TPSA) is 47.6 Å². The molecule has 0 saturated carbocycles. The van der Waals surface area contributed by atoms with Crippen molar-refractivity contribution in [2.45, 2.75) is 46.8 Å². The Morgan fingerprint density at radius 2 is 2.00 bits per heavy atom. The normalized spacial score (nSPS) is 33.5. The molecule has 2 aliphatic rings. The number of rotatable bonds is 4. The standard InChI is InChI=1S/C22H31NO3/c1-14(2)23-21(24)26-13-22-12-25-20(18-9-7-6-8-10-18)19(17(22)5)15(3)11-16(22)4/h6-11,14,16-17,19-20H,12-13H2,1-5H3,(H,23,24)/t16-,17-,19-,20+,22-/m1/s1. The fraction of sp³-hybridized carbons (Fsp3) is 0.591. The summed E-state index contributed by atoms with van der Waals surface area (Å²) in [5, 5.41) is 2.81. The fourth-order valence-electron chi connectivity index (χ4n) is 4.68. The van der Waals surface area contributed by atoms with Gasteiger partial charge in [-0.2, -0.15) is 0 Å². The molecule has 4 heteroatoms. The van der Waals surface area contributed by atoms with Crippen molar-refractivity contribution in [3.05, 3.63) is 47.5 Å². The van der Waals surface area contributed by atoms with Gasteiger partial charge in [0.25, 0.3) is 0 Å². The van der Waals surface area contributed by atoms with Crippen LogP contribution in [-0.4, -0.2) is 25.3 Å². The molecule has 142 valence electrons. The van der Waals surface area contributed by atoms with Gasteiger partial charge in [-0.15, -0.1) is 0 Å². The molecule has 3 rings (SSSR count). The van der Waals surface area contributed by atoms with Crippen LogP contribution in [0, 0.1) is 23.2 Å². The molecular weight excluding hydrogens is 326 g/mol. The van der Waals surface area contributed by atoms with Crippen LogP contribution in [0.3, 0.4) is 0 Å². The minimum absolute atomic E-state index is 0.0626. The predicted octanol–water partition coefficient (Wildman–Crippen LogP) is 4.73. The molecule has 26 heavy (non-hydrogen) atoms.